The molecule has 0 fully saturated rings. The van der Waals surface area contributed by atoms with E-state index in [1.807, 2.05) is 0 Å². The smallest absolute Gasteiger partial charge is 0.320 e. The van der Waals surface area contributed by atoms with Crippen LogP contribution in [0.15, 0.2) is 0 Å². The zero-order valence-electron chi connectivity index (χ0n) is 5.24. The Bertz CT molecular complexity index is 107. The number of thiol groups is 1. The fraction of sp³-hybridized carbons (Fsp3) is 0.800. The molecule has 0 bridgehead atoms. The summed E-state index contributed by atoms with van der Waals surface area (Å²) in [4.78, 5) is 10.1. The lowest BCUT2D eigenvalue weighted by atomic mass is 10.1. The van der Waals surface area contributed by atoms with Crippen molar-refractivity contribution in [2.45, 2.75) is 13.0 Å². The predicted molar refractivity (Wildman–Crippen MR) is 38.6 cm³/mol. The van der Waals surface area contributed by atoms with Gasteiger partial charge in [-0.15, -0.1) is 0 Å². The number of carboxylic acids is 1. The van der Waals surface area contributed by atoms with E-state index in [-0.39, 0.29) is 5.92 Å². The van der Waals surface area contributed by atoms with Crippen molar-refractivity contribution in [1.82, 2.24) is 0 Å². The highest BCUT2D eigenvalue weighted by Crippen LogP contribution is 2.01. The molecule has 0 aromatic carbocycles. The minimum Gasteiger partial charge on any atom is -0.480 e. The van der Waals surface area contributed by atoms with Gasteiger partial charge in [0.15, 0.2) is 0 Å². The first-order valence-electron chi connectivity index (χ1n) is 2.68. The highest BCUT2D eigenvalue weighted by Gasteiger charge is 2.17. The van der Waals surface area contributed by atoms with Crippen LogP contribution in [0.3, 0.4) is 0 Å². The maximum absolute atomic E-state index is 10.1. The Morgan fingerprint density at radius 3 is 2.44 bits per heavy atom. The third kappa shape index (κ3) is 2.72. The Labute approximate surface area is 59.6 Å². The van der Waals surface area contributed by atoms with Gasteiger partial charge >= 0.3 is 5.97 Å². The summed E-state index contributed by atoms with van der Waals surface area (Å²) in [6, 6.07) is -0.775. The topological polar surface area (TPSA) is 63.3 Å². The number of rotatable bonds is 3. The van der Waals surface area contributed by atoms with Crippen LogP contribution in [-0.2, 0) is 4.79 Å². The van der Waals surface area contributed by atoms with E-state index >= 15 is 0 Å². The van der Waals surface area contributed by atoms with Gasteiger partial charge in [0, 0.05) is 0 Å². The monoisotopic (exact) mass is 149 g/mol. The Morgan fingerprint density at radius 2 is 2.33 bits per heavy atom. The van der Waals surface area contributed by atoms with Gasteiger partial charge in [0.25, 0.3) is 0 Å². The molecule has 9 heavy (non-hydrogen) atoms. The van der Waals surface area contributed by atoms with E-state index in [2.05, 4.69) is 12.6 Å². The number of hydrogen-bond donors (Lipinski definition) is 3. The highest BCUT2D eigenvalue weighted by atomic mass is 32.1. The fourth-order valence-corrected chi connectivity index (χ4v) is 0.584. The summed E-state index contributed by atoms with van der Waals surface area (Å²) >= 11 is 3.91. The normalized spacial score (nSPS) is 16.8. The van der Waals surface area contributed by atoms with Gasteiger partial charge in [-0.1, -0.05) is 6.92 Å². The van der Waals surface area contributed by atoms with Crippen molar-refractivity contribution in [3.05, 3.63) is 0 Å². The van der Waals surface area contributed by atoms with Crippen molar-refractivity contribution in [2.75, 3.05) is 5.75 Å². The van der Waals surface area contributed by atoms with Crippen molar-refractivity contribution in [3.8, 4) is 0 Å². The van der Waals surface area contributed by atoms with Crippen LogP contribution in [0.2, 0.25) is 0 Å². The van der Waals surface area contributed by atoms with Gasteiger partial charge in [0.1, 0.15) is 6.04 Å². The minimum absolute atomic E-state index is 0.0640. The molecule has 0 amide bonds. The second-order valence-corrected chi connectivity index (χ2v) is 2.39. The molecule has 0 saturated heterocycles. The molecule has 0 aliphatic heterocycles. The average Bonchev–Trinajstić information content (AvgIpc) is 1.84. The molecule has 3 nitrogen and oxygen atoms in total. The lowest BCUT2D eigenvalue weighted by molar-refractivity contribution is -0.139. The highest BCUT2D eigenvalue weighted by molar-refractivity contribution is 7.80. The van der Waals surface area contributed by atoms with Crippen LogP contribution in [-0.4, -0.2) is 22.9 Å². The first kappa shape index (κ1) is 8.78. The van der Waals surface area contributed by atoms with Gasteiger partial charge in [-0.05, 0) is 11.7 Å². The van der Waals surface area contributed by atoms with E-state index in [9.17, 15) is 4.79 Å². The molecule has 54 valence electrons. The second kappa shape index (κ2) is 3.74. The summed E-state index contributed by atoms with van der Waals surface area (Å²) < 4.78 is 0. The molecule has 0 unspecified atom stereocenters. The molecule has 0 aromatic rings. The van der Waals surface area contributed by atoms with Crippen LogP contribution in [0, 0.1) is 5.92 Å². The molecule has 0 aromatic heterocycles. The number of nitrogens with two attached hydrogens (primary N) is 1. The molecule has 0 aliphatic carbocycles. The molecule has 2 atom stereocenters. The summed E-state index contributed by atoms with van der Waals surface area (Å²) in [7, 11) is 0. The molecule has 0 radical (unpaired) electrons. The van der Waals surface area contributed by atoms with Crippen molar-refractivity contribution in [1.29, 1.82) is 0 Å². The second-order valence-electron chi connectivity index (χ2n) is 2.02. The third-order valence-corrected chi connectivity index (χ3v) is 1.76. The zero-order valence-corrected chi connectivity index (χ0v) is 6.14. The summed E-state index contributed by atoms with van der Waals surface area (Å²) in [5, 5.41) is 8.32. The van der Waals surface area contributed by atoms with Crippen LogP contribution in [0.5, 0.6) is 0 Å². The number of hydrogen-bond acceptors (Lipinski definition) is 3. The fourth-order valence-electron chi connectivity index (χ4n) is 0.357. The van der Waals surface area contributed by atoms with Gasteiger partial charge in [0.05, 0.1) is 0 Å². The van der Waals surface area contributed by atoms with Crippen LogP contribution in [0.4, 0.5) is 0 Å². The maximum atomic E-state index is 10.1. The van der Waals surface area contributed by atoms with Gasteiger partial charge in [-0.25, -0.2) is 0 Å². The number of aliphatic carboxylic acids is 1. The Balaban J connectivity index is 3.72. The van der Waals surface area contributed by atoms with E-state index in [4.69, 9.17) is 10.8 Å². The average molecular weight is 149 g/mol. The summed E-state index contributed by atoms with van der Waals surface area (Å²) in [5.74, 6) is -0.518. The Morgan fingerprint density at radius 1 is 1.89 bits per heavy atom. The molecular weight excluding hydrogens is 138 g/mol. The number of carboxylic acid groups (broad SMARTS) is 1. The first-order chi connectivity index (χ1) is 4.09. The van der Waals surface area contributed by atoms with Crippen LogP contribution in [0.25, 0.3) is 0 Å². The van der Waals surface area contributed by atoms with E-state index in [1.165, 1.54) is 0 Å². The van der Waals surface area contributed by atoms with Gasteiger partial charge in [0.2, 0.25) is 0 Å². The minimum atomic E-state index is -0.962. The summed E-state index contributed by atoms with van der Waals surface area (Å²) in [6.07, 6.45) is 0. The molecule has 0 aliphatic rings. The van der Waals surface area contributed by atoms with E-state index in [1.54, 1.807) is 6.92 Å². The van der Waals surface area contributed by atoms with Crippen LogP contribution in [0.1, 0.15) is 6.92 Å². The molecule has 0 heterocycles. The zero-order chi connectivity index (χ0) is 7.44. The van der Waals surface area contributed by atoms with Crippen LogP contribution >= 0.6 is 12.6 Å². The summed E-state index contributed by atoms with van der Waals surface area (Å²) in [6.45, 7) is 1.76. The predicted octanol–water partition coefficient (Wildman–Crippen LogP) is -0.0358. The lowest BCUT2D eigenvalue weighted by Gasteiger charge is -2.11. The van der Waals surface area contributed by atoms with Crippen molar-refractivity contribution >= 4 is 18.6 Å². The van der Waals surface area contributed by atoms with Gasteiger partial charge < -0.3 is 10.8 Å². The molecule has 0 saturated carbocycles. The molecular formula is C5H11NO2S. The Hall–Kier alpha value is -0.220. The largest absolute Gasteiger partial charge is 0.480 e. The Kier molecular flexibility index (Phi) is 3.65. The SMILES string of the molecule is C[C@H](CS)[C@H](N)C(=O)O. The van der Waals surface area contributed by atoms with E-state index in [0.29, 0.717) is 5.75 Å². The van der Waals surface area contributed by atoms with E-state index < -0.39 is 12.0 Å². The maximum Gasteiger partial charge on any atom is 0.320 e. The molecule has 0 rings (SSSR count). The molecule has 4 heteroatoms. The van der Waals surface area contributed by atoms with Crippen molar-refractivity contribution < 1.29 is 9.90 Å². The van der Waals surface area contributed by atoms with Crippen molar-refractivity contribution in [3.63, 3.8) is 0 Å². The van der Waals surface area contributed by atoms with Crippen LogP contribution < -0.4 is 5.73 Å². The molecule has 0 spiro atoms. The van der Waals surface area contributed by atoms with Gasteiger partial charge in [-0.2, -0.15) is 12.6 Å². The van der Waals surface area contributed by atoms with Crippen molar-refractivity contribution in [2.24, 2.45) is 11.7 Å². The number of carbonyl (C=O) groups is 1. The van der Waals surface area contributed by atoms with E-state index in [0.717, 1.165) is 0 Å². The lowest BCUT2D eigenvalue weighted by Crippen LogP contribution is -2.37. The van der Waals surface area contributed by atoms with Gasteiger partial charge in [-0.3, -0.25) is 4.79 Å². The molecule has 3 N–H and O–H groups in total. The summed E-state index contributed by atoms with van der Waals surface area (Å²) in [5.41, 5.74) is 5.22. The first-order valence-corrected chi connectivity index (χ1v) is 3.32. The third-order valence-electron chi connectivity index (χ3n) is 1.19. The standard InChI is InChI=1S/C5H11NO2S/c1-3(2-9)4(6)5(7)8/h3-4,9H,2,6H2,1H3,(H,7,8)/t3-,4+/m1/s1. The quantitative estimate of drug-likeness (QED) is 0.493.